The number of ether oxygens (including phenoxy) is 1. The van der Waals surface area contributed by atoms with Crippen LogP contribution in [0, 0.1) is 5.92 Å². The zero-order valence-corrected chi connectivity index (χ0v) is 15.7. The zero-order valence-electron chi connectivity index (χ0n) is 14.2. The van der Waals surface area contributed by atoms with Crippen LogP contribution < -0.4 is 4.74 Å². The molecule has 0 aromatic heterocycles. The second-order valence-electron chi connectivity index (χ2n) is 6.58. The van der Waals surface area contributed by atoms with E-state index in [1.807, 2.05) is 6.07 Å². The van der Waals surface area contributed by atoms with Crippen LogP contribution in [0.25, 0.3) is 0 Å². The first-order valence-electron chi connectivity index (χ1n) is 8.99. The van der Waals surface area contributed by atoms with Crippen LogP contribution in [0.4, 0.5) is 0 Å². The molecule has 1 saturated heterocycles. The molecule has 0 aliphatic carbocycles. The van der Waals surface area contributed by atoms with E-state index in [-0.39, 0.29) is 0 Å². The lowest BCUT2D eigenvalue weighted by molar-refractivity contribution is 0.159. The van der Waals surface area contributed by atoms with Gasteiger partial charge >= 0.3 is 0 Å². The van der Waals surface area contributed by atoms with Crippen LogP contribution in [-0.2, 0) is 0 Å². The van der Waals surface area contributed by atoms with Crippen LogP contribution in [0.1, 0.15) is 51.9 Å². The van der Waals surface area contributed by atoms with Gasteiger partial charge in [0.2, 0.25) is 0 Å². The monoisotopic (exact) mass is 357 g/mol. The summed E-state index contributed by atoms with van der Waals surface area (Å²) in [6.07, 6.45) is 9.10. The van der Waals surface area contributed by atoms with Gasteiger partial charge in [-0.2, -0.15) is 0 Å². The predicted molar refractivity (Wildman–Crippen MR) is 99.9 cm³/mol. The Labute approximate surface area is 151 Å². The van der Waals surface area contributed by atoms with E-state index < -0.39 is 0 Å². The van der Waals surface area contributed by atoms with E-state index in [0.29, 0.717) is 10.0 Å². The molecule has 1 heterocycles. The highest BCUT2D eigenvalue weighted by Gasteiger charge is 2.19. The van der Waals surface area contributed by atoms with Crippen molar-refractivity contribution >= 4 is 23.2 Å². The van der Waals surface area contributed by atoms with Crippen molar-refractivity contribution in [2.45, 2.75) is 51.9 Å². The van der Waals surface area contributed by atoms with Gasteiger partial charge in [0.25, 0.3) is 0 Å². The highest BCUT2D eigenvalue weighted by atomic mass is 35.5. The first-order chi connectivity index (χ1) is 11.2. The van der Waals surface area contributed by atoms with Crippen molar-refractivity contribution in [1.82, 2.24) is 4.90 Å². The van der Waals surface area contributed by atoms with E-state index in [1.165, 1.54) is 58.2 Å². The summed E-state index contributed by atoms with van der Waals surface area (Å²) in [5.41, 5.74) is 0. The number of piperidine rings is 1. The third kappa shape index (κ3) is 6.91. The maximum atomic E-state index is 6.00. The Morgan fingerprint density at radius 1 is 1.17 bits per heavy atom. The van der Waals surface area contributed by atoms with E-state index >= 15 is 0 Å². The molecule has 0 radical (unpaired) electrons. The summed E-state index contributed by atoms with van der Waals surface area (Å²) in [6.45, 7) is 6.87. The summed E-state index contributed by atoms with van der Waals surface area (Å²) in [4.78, 5) is 2.66. The minimum atomic E-state index is 0.555. The van der Waals surface area contributed by atoms with Crippen LogP contribution in [0.5, 0.6) is 5.75 Å². The minimum Gasteiger partial charge on any atom is -0.494 e. The number of benzene rings is 1. The van der Waals surface area contributed by atoms with E-state index in [0.717, 1.165) is 24.7 Å². The molecule has 0 saturated carbocycles. The minimum absolute atomic E-state index is 0.555. The summed E-state index contributed by atoms with van der Waals surface area (Å²) >= 11 is 11.9. The summed E-state index contributed by atoms with van der Waals surface area (Å²) in [5, 5.41) is 1.13. The van der Waals surface area contributed by atoms with Crippen molar-refractivity contribution in [2.24, 2.45) is 5.92 Å². The maximum absolute atomic E-state index is 6.00. The fraction of sp³-hybridized carbons (Fsp3) is 0.684. The number of hydrogen-bond acceptors (Lipinski definition) is 2. The Morgan fingerprint density at radius 2 is 2.04 bits per heavy atom. The molecule has 1 fully saturated rings. The molecule has 2 rings (SSSR count). The normalized spacial score (nSPS) is 19.0. The summed E-state index contributed by atoms with van der Waals surface area (Å²) < 4.78 is 5.78. The first-order valence-corrected chi connectivity index (χ1v) is 9.75. The third-order valence-corrected chi connectivity index (χ3v) is 5.34. The molecule has 1 unspecified atom stereocenters. The Hall–Kier alpha value is -0.440. The van der Waals surface area contributed by atoms with Crippen molar-refractivity contribution < 1.29 is 4.74 Å². The summed E-state index contributed by atoms with van der Waals surface area (Å²) in [6, 6.07) is 5.46. The van der Waals surface area contributed by atoms with Gasteiger partial charge in [0, 0.05) is 12.6 Å². The summed E-state index contributed by atoms with van der Waals surface area (Å²) in [7, 11) is 0. The number of likely N-dealkylation sites (tertiary alicyclic amines) is 1. The zero-order chi connectivity index (χ0) is 16.5. The standard InChI is InChI=1S/C19H29Cl2NO/c1-2-3-4-11-22-12-5-7-16(15-22)8-6-13-23-17-9-10-18(20)19(21)14-17/h9-10,14,16H,2-8,11-13,15H2,1H3. The molecule has 0 amide bonds. The van der Waals surface area contributed by atoms with E-state index in [2.05, 4.69) is 11.8 Å². The molecule has 0 spiro atoms. The van der Waals surface area contributed by atoms with E-state index in [1.54, 1.807) is 12.1 Å². The SMILES string of the molecule is CCCCCN1CCCC(CCCOc2ccc(Cl)c(Cl)c2)C1. The molecule has 23 heavy (non-hydrogen) atoms. The molecule has 0 bridgehead atoms. The number of halogens is 2. The van der Waals surface area contributed by atoms with Gasteiger partial charge in [-0.25, -0.2) is 0 Å². The van der Waals surface area contributed by atoms with Gasteiger partial charge in [-0.15, -0.1) is 0 Å². The van der Waals surface area contributed by atoms with Gasteiger partial charge in [0.1, 0.15) is 5.75 Å². The van der Waals surface area contributed by atoms with Crippen molar-refractivity contribution in [3.63, 3.8) is 0 Å². The van der Waals surface area contributed by atoms with Gasteiger partial charge in [0.05, 0.1) is 16.7 Å². The fourth-order valence-electron chi connectivity index (χ4n) is 3.30. The van der Waals surface area contributed by atoms with Crippen LogP contribution >= 0.6 is 23.2 Å². The lowest BCUT2D eigenvalue weighted by Crippen LogP contribution is -2.36. The highest BCUT2D eigenvalue weighted by Crippen LogP contribution is 2.27. The second kappa shape index (κ2) is 10.4. The fourth-order valence-corrected chi connectivity index (χ4v) is 3.59. The quantitative estimate of drug-likeness (QED) is 0.498. The van der Waals surface area contributed by atoms with Crippen molar-refractivity contribution in [3.05, 3.63) is 28.2 Å². The Kier molecular flexibility index (Phi) is 8.57. The molecular weight excluding hydrogens is 329 g/mol. The van der Waals surface area contributed by atoms with Crippen LogP contribution in [-0.4, -0.2) is 31.1 Å². The van der Waals surface area contributed by atoms with Gasteiger partial charge in [-0.05, 0) is 63.2 Å². The molecular formula is C19H29Cl2NO. The molecule has 2 nitrogen and oxygen atoms in total. The van der Waals surface area contributed by atoms with Crippen molar-refractivity contribution in [3.8, 4) is 5.75 Å². The molecule has 1 aromatic carbocycles. The summed E-state index contributed by atoms with van der Waals surface area (Å²) in [5.74, 6) is 1.65. The van der Waals surface area contributed by atoms with Gasteiger partial charge in [-0.1, -0.05) is 43.0 Å². The van der Waals surface area contributed by atoms with Gasteiger partial charge in [-0.3, -0.25) is 0 Å². The van der Waals surface area contributed by atoms with Crippen LogP contribution in [0.2, 0.25) is 10.0 Å². The topological polar surface area (TPSA) is 12.5 Å². The molecule has 0 N–H and O–H groups in total. The number of nitrogens with zero attached hydrogens (tertiary/aromatic N) is 1. The molecule has 1 aliphatic heterocycles. The second-order valence-corrected chi connectivity index (χ2v) is 7.40. The number of hydrogen-bond donors (Lipinski definition) is 0. The molecule has 4 heteroatoms. The van der Waals surface area contributed by atoms with Gasteiger partial charge < -0.3 is 9.64 Å². The van der Waals surface area contributed by atoms with Crippen molar-refractivity contribution in [2.75, 3.05) is 26.2 Å². The molecule has 1 aromatic rings. The van der Waals surface area contributed by atoms with Gasteiger partial charge in [0.15, 0.2) is 0 Å². The largest absolute Gasteiger partial charge is 0.494 e. The predicted octanol–water partition coefficient (Wildman–Crippen LogP) is 6.05. The Balaban J connectivity index is 1.62. The van der Waals surface area contributed by atoms with Crippen molar-refractivity contribution in [1.29, 1.82) is 0 Å². The number of unbranched alkanes of at least 4 members (excludes halogenated alkanes) is 2. The lowest BCUT2D eigenvalue weighted by atomic mass is 9.93. The molecule has 1 aliphatic rings. The van der Waals surface area contributed by atoms with Crippen LogP contribution in [0.15, 0.2) is 18.2 Å². The number of rotatable bonds is 9. The van der Waals surface area contributed by atoms with E-state index in [9.17, 15) is 0 Å². The van der Waals surface area contributed by atoms with Crippen LogP contribution in [0.3, 0.4) is 0 Å². The average molecular weight is 358 g/mol. The Morgan fingerprint density at radius 3 is 2.83 bits per heavy atom. The molecule has 1 atom stereocenters. The lowest BCUT2D eigenvalue weighted by Gasteiger charge is -2.32. The molecule has 130 valence electrons. The third-order valence-electron chi connectivity index (χ3n) is 4.60. The Bertz CT molecular complexity index is 467. The van der Waals surface area contributed by atoms with E-state index in [4.69, 9.17) is 27.9 Å². The maximum Gasteiger partial charge on any atom is 0.120 e. The smallest absolute Gasteiger partial charge is 0.120 e. The average Bonchev–Trinajstić information content (AvgIpc) is 2.55. The highest BCUT2D eigenvalue weighted by molar-refractivity contribution is 6.42. The first kappa shape index (κ1) is 18.9.